The van der Waals surface area contributed by atoms with Crippen LogP contribution in [-0.4, -0.2) is 13.0 Å². The summed E-state index contributed by atoms with van der Waals surface area (Å²) in [5, 5.41) is 3.38. The summed E-state index contributed by atoms with van der Waals surface area (Å²) in [4.78, 5) is 24.1. The van der Waals surface area contributed by atoms with Gasteiger partial charge in [-0.25, -0.2) is 4.79 Å². The maximum atomic E-state index is 12.4. The number of hydrogen-bond acceptors (Lipinski definition) is 4. The predicted molar refractivity (Wildman–Crippen MR) is 86.6 cm³/mol. The number of ether oxygens (including phenoxy) is 1. The van der Waals surface area contributed by atoms with Crippen LogP contribution in [0, 0.1) is 0 Å². The molecule has 3 rings (SSSR count). The molecule has 1 amide bonds. The molecule has 0 saturated heterocycles. The number of nitrogens with one attached hydrogen (secondary N) is 1. The molecule has 1 aromatic heterocycles. The van der Waals surface area contributed by atoms with Crippen molar-refractivity contribution in [2.24, 2.45) is 0 Å². The molecule has 3 aromatic rings. The molecule has 0 aliphatic carbocycles. The van der Waals surface area contributed by atoms with E-state index in [1.165, 1.54) is 13.2 Å². The molecule has 1 N–H and O–H groups in total. The molecule has 0 fully saturated rings. The highest BCUT2D eigenvalue weighted by molar-refractivity contribution is 6.05. The van der Waals surface area contributed by atoms with Crippen LogP contribution in [-0.2, 0) is 6.54 Å². The van der Waals surface area contributed by atoms with Crippen molar-refractivity contribution in [1.82, 2.24) is 5.32 Å². The van der Waals surface area contributed by atoms with Crippen molar-refractivity contribution in [3.63, 3.8) is 0 Å². The lowest BCUT2D eigenvalue weighted by Crippen LogP contribution is -2.24. The first kappa shape index (κ1) is 14.8. The number of amides is 1. The Kier molecular flexibility index (Phi) is 4.10. The number of benzene rings is 2. The Hall–Kier alpha value is -3.08. The van der Waals surface area contributed by atoms with E-state index in [4.69, 9.17) is 9.15 Å². The number of methoxy groups -OCH3 is 1. The monoisotopic (exact) mass is 309 g/mol. The van der Waals surface area contributed by atoms with Gasteiger partial charge >= 0.3 is 5.63 Å². The van der Waals surface area contributed by atoms with Crippen LogP contribution in [0.25, 0.3) is 11.0 Å². The standard InChI is InChI=1S/C18H15NO4/c1-22-13-7-8-14-15(10-17(20)23-16(14)9-13)18(21)19-11-12-5-3-2-4-6-12/h2-10H,11H2,1H3,(H,19,21). The quantitative estimate of drug-likeness (QED) is 0.752. The molecule has 5 heteroatoms. The third kappa shape index (κ3) is 3.23. The number of carbonyl (C=O) groups excluding carboxylic acids is 1. The maximum Gasteiger partial charge on any atom is 0.337 e. The van der Waals surface area contributed by atoms with Gasteiger partial charge in [0.1, 0.15) is 11.3 Å². The van der Waals surface area contributed by atoms with E-state index in [9.17, 15) is 9.59 Å². The highest BCUT2D eigenvalue weighted by Crippen LogP contribution is 2.22. The minimum atomic E-state index is -0.574. The molecule has 116 valence electrons. The topological polar surface area (TPSA) is 68.5 Å². The Morgan fingerprint density at radius 2 is 1.91 bits per heavy atom. The Morgan fingerprint density at radius 3 is 2.65 bits per heavy atom. The van der Waals surface area contributed by atoms with Gasteiger partial charge in [0, 0.05) is 24.1 Å². The van der Waals surface area contributed by atoms with E-state index in [1.54, 1.807) is 18.2 Å². The third-order valence-electron chi connectivity index (χ3n) is 3.49. The first-order valence-electron chi connectivity index (χ1n) is 7.11. The zero-order valence-electron chi connectivity index (χ0n) is 12.5. The molecule has 0 unspecified atom stereocenters. The first-order chi connectivity index (χ1) is 11.2. The lowest BCUT2D eigenvalue weighted by Gasteiger charge is -2.08. The summed E-state index contributed by atoms with van der Waals surface area (Å²) in [5.41, 5.74) is 1.02. The van der Waals surface area contributed by atoms with Gasteiger partial charge in [0.25, 0.3) is 5.91 Å². The number of fused-ring (bicyclic) bond motifs is 1. The number of rotatable bonds is 4. The fourth-order valence-electron chi connectivity index (χ4n) is 2.33. The average molecular weight is 309 g/mol. The maximum absolute atomic E-state index is 12.4. The van der Waals surface area contributed by atoms with Crippen LogP contribution in [0.15, 0.2) is 63.8 Å². The van der Waals surface area contributed by atoms with Crippen molar-refractivity contribution in [1.29, 1.82) is 0 Å². The van der Waals surface area contributed by atoms with Crippen LogP contribution in [0.2, 0.25) is 0 Å². The summed E-state index contributed by atoms with van der Waals surface area (Å²) < 4.78 is 10.2. The van der Waals surface area contributed by atoms with Gasteiger partial charge in [-0.2, -0.15) is 0 Å². The van der Waals surface area contributed by atoms with E-state index in [0.29, 0.717) is 23.3 Å². The summed E-state index contributed by atoms with van der Waals surface area (Å²) in [5.74, 6) is 0.236. The van der Waals surface area contributed by atoms with E-state index in [-0.39, 0.29) is 11.5 Å². The number of carbonyl (C=O) groups is 1. The van der Waals surface area contributed by atoms with Crippen molar-refractivity contribution in [3.8, 4) is 5.75 Å². The summed E-state index contributed by atoms with van der Waals surface area (Å²) in [6.45, 7) is 0.386. The Labute approximate surface area is 132 Å². The molecule has 2 aromatic carbocycles. The zero-order valence-corrected chi connectivity index (χ0v) is 12.5. The van der Waals surface area contributed by atoms with Gasteiger partial charge in [0.15, 0.2) is 0 Å². The Morgan fingerprint density at radius 1 is 1.13 bits per heavy atom. The molecular formula is C18H15NO4. The lowest BCUT2D eigenvalue weighted by molar-refractivity contribution is 0.0952. The van der Waals surface area contributed by atoms with Crippen LogP contribution in [0.3, 0.4) is 0 Å². The smallest absolute Gasteiger partial charge is 0.337 e. The van der Waals surface area contributed by atoms with Gasteiger partial charge < -0.3 is 14.5 Å². The molecule has 0 atom stereocenters. The largest absolute Gasteiger partial charge is 0.497 e. The molecular weight excluding hydrogens is 294 g/mol. The van der Waals surface area contributed by atoms with Crippen LogP contribution >= 0.6 is 0 Å². The van der Waals surface area contributed by atoms with Crippen molar-refractivity contribution in [2.75, 3.05) is 7.11 Å². The van der Waals surface area contributed by atoms with Gasteiger partial charge in [-0.3, -0.25) is 4.79 Å². The van der Waals surface area contributed by atoms with E-state index >= 15 is 0 Å². The van der Waals surface area contributed by atoms with Crippen LogP contribution in [0.5, 0.6) is 5.75 Å². The molecule has 0 bridgehead atoms. The fraction of sp³-hybridized carbons (Fsp3) is 0.111. The van der Waals surface area contributed by atoms with E-state index in [1.807, 2.05) is 30.3 Å². The highest BCUT2D eigenvalue weighted by Gasteiger charge is 2.13. The summed E-state index contributed by atoms with van der Waals surface area (Å²) in [6, 6.07) is 15.8. The van der Waals surface area contributed by atoms with Crippen LogP contribution < -0.4 is 15.7 Å². The minimum Gasteiger partial charge on any atom is -0.497 e. The number of hydrogen-bond donors (Lipinski definition) is 1. The molecule has 0 aliphatic rings. The molecule has 1 heterocycles. The van der Waals surface area contributed by atoms with E-state index < -0.39 is 5.63 Å². The zero-order chi connectivity index (χ0) is 16.2. The summed E-state index contributed by atoms with van der Waals surface area (Å²) in [6.07, 6.45) is 0. The average Bonchev–Trinajstić information content (AvgIpc) is 2.59. The molecule has 0 radical (unpaired) electrons. The molecule has 5 nitrogen and oxygen atoms in total. The van der Waals surface area contributed by atoms with Gasteiger partial charge in [0.2, 0.25) is 0 Å². The highest BCUT2D eigenvalue weighted by atomic mass is 16.5. The van der Waals surface area contributed by atoms with Crippen molar-refractivity contribution >= 4 is 16.9 Å². The summed E-state index contributed by atoms with van der Waals surface area (Å²) >= 11 is 0. The molecule has 0 spiro atoms. The second kappa shape index (κ2) is 6.36. The van der Waals surface area contributed by atoms with Crippen LogP contribution in [0.1, 0.15) is 15.9 Å². The lowest BCUT2D eigenvalue weighted by atomic mass is 10.1. The molecule has 0 aliphatic heterocycles. The van der Waals surface area contributed by atoms with E-state index in [0.717, 1.165) is 5.56 Å². The molecule has 0 saturated carbocycles. The van der Waals surface area contributed by atoms with Crippen molar-refractivity contribution < 1.29 is 13.9 Å². The summed E-state index contributed by atoms with van der Waals surface area (Å²) in [7, 11) is 1.52. The second-order valence-corrected chi connectivity index (χ2v) is 5.01. The van der Waals surface area contributed by atoms with Gasteiger partial charge in [-0.05, 0) is 17.7 Å². The predicted octanol–water partition coefficient (Wildman–Crippen LogP) is 2.73. The first-order valence-corrected chi connectivity index (χ1v) is 7.11. The SMILES string of the molecule is COc1ccc2c(C(=O)NCc3ccccc3)cc(=O)oc2c1. The second-order valence-electron chi connectivity index (χ2n) is 5.01. The van der Waals surface area contributed by atoms with Gasteiger partial charge in [0.05, 0.1) is 12.7 Å². The van der Waals surface area contributed by atoms with Gasteiger partial charge in [-0.15, -0.1) is 0 Å². The minimum absolute atomic E-state index is 0.287. The van der Waals surface area contributed by atoms with Gasteiger partial charge in [-0.1, -0.05) is 30.3 Å². The van der Waals surface area contributed by atoms with Crippen molar-refractivity contribution in [2.45, 2.75) is 6.54 Å². The van der Waals surface area contributed by atoms with E-state index in [2.05, 4.69) is 5.32 Å². The Balaban J connectivity index is 1.92. The normalized spacial score (nSPS) is 10.5. The van der Waals surface area contributed by atoms with Crippen molar-refractivity contribution in [3.05, 3.63) is 76.1 Å². The Bertz CT molecular complexity index is 900. The fourth-order valence-corrected chi connectivity index (χ4v) is 2.33. The van der Waals surface area contributed by atoms with Crippen LogP contribution in [0.4, 0.5) is 0 Å². The molecule has 23 heavy (non-hydrogen) atoms. The third-order valence-corrected chi connectivity index (χ3v) is 3.49.